The molecule has 0 radical (unpaired) electrons. The molecule has 1 atom stereocenters. The normalized spacial score (nSPS) is 16.2. The highest BCUT2D eigenvalue weighted by Gasteiger charge is 2.27. The van der Waals surface area contributed by atoms with Crippen LogP contribution < -0.4 is 16.0 Å². The molecule has 0 spiro atoms. The molecule has 0 saturated heterocycles. The van der Waals surface area contributed by atoms with Gasteiger partial charge in [0, 0.05) is 15.4 Å². The molecule has 3 amide bonds. The molecule has 0 saturated carbocycles. The van der Waals surface area contributed by atoms with Gasteiger partial charge in [-0.25, -0.2) is 0 Å². The monoisotopic (exact) mass is 479 g/mol. The van der Waals surface area contributed by atoms with Crippen LogP contribution in [0.3, 0.4) is 0 Å². The number of rotatable bonds is 4. The quantitative estimate of drug-likeness (QED) is 0.623. The highest BCUT2D eigenvalue weighted by Crippen LogP contribution is 2.26. The topological polar surface area (TPSA) is 87.3 Å². The number of amides is 3. The maximum absolute atomic E-state index is 12.3. The van der Waals surface area contributed by atoms with E-state index in [1.165, 1.54) is 0 Å². The number of para-hydroxylation sites is 1. The van der Waals surface area contributed by atoms with E-state index in [0.717, 1.165) is 8.95 Å². The zero-order valence-corrected chi connectivity index (χ0v) is 16.7. The smallest absolute Gasteiger partial charge is 0.254 e. The number of halogens is 2. The number of hydrogen-bond donors (Lipinski definition) is 3. The lowest BCUT2D eigenvalue weighted by atomic mass is 10.1. The molecule has 1 aliphatic heterocycles. The second kappa shape index (κ2) is 8.01. The van der Waals surface area contributed by atoms with Crippen LogP contribution in [-0.4, -0.2) is 23.8 Å². The van der Waals surface area contributed by atoms with E-state index in [4.69, 9.17) is 0 Å². The number of carbonyl (C=O) groups excluding carboxylic acids is 3. The lowest BCUT2D eigenvalue weighted by Crippen LogP contribution is -2.41. The Hall–Kier alpha value is -2.19. The molecule has 1 aliphatic rings. The Bertz CT molecular complexity index is 886. The lowest BCUT2D eigenvalue weighted by molar-refractivity contribution is -0.118. The summed E-state index contributed by atoms with van der Waals surface area (Å²) in [5.41, 5.74) is 1.52. The Labute approximate surface area is 167 Å². The van der Waals surface area contributed by atoms with Crippen LogP contribution in [0.25, 0.3) is 0 Å². The number of benzene rings is 2. The maximum atomic E-state index is 12.3. The summed E-state index contributed by atoms with van der Waals surface area (Å²) in [7, 11) is 0. The van der Waals surface area contributed by atoms with E-state index < -0.39 is 6.04 Å². The summed E-state index contributed by atoms with van der Waals surface area (Å²) in [4.78, 5) is 36.8. The van der Waals surface area contributed by atoms with E-state index in [1.807, 2.05) is 12.1 Å². The minimum absolute atomic E-state index is 0.0945. The fraction of sp³-hybridized carbons (Fsp3) is 0.167. The average molecular weight is 481 g/mol. The molecule has 2 aromatic rings. The van der Waals surface area contributed by atoms with Crippen LogP contribution in [0, 0.1) is 0 Å². The van der Waals surface area contributed by atoms with Crippen LogP contribution >= 0.6 is 31.9 Å². The Morgan fingerprint density at radius 1 is 1.12 bits per heavy atom. The molecule has 0 fully saturated rings. The number of anilines is 2. The van der Waals surface area contributed by atoms with Gasteiger partial charge in [-0.2, -0.15) is 0 Å². The average Bonchev–Trinajstić information content (AvgIpc) is 2.72. The zero-order valence-electron chi connectivity index (χ0n) is 13.5. The van der Waals surface area contributed by atoms with Crippen molar-refractivity contribution >= 4 is 61.0 Å². The van der Waals surface area contributed by atoms with Crippen LogP contribution in [0.2, 0.25) is 0 Å². The van der Waals surface area contributed by atoms with E-state index in [0.29, 0.717) is 16.9 Å². The largest absolute Gasteiger partial charge is 0.340 e. The van der Waals surface area contributed by atoms with Crippen LogP contribution in [0.4, 0.5) is 11.4 Å². The van der Waals surface area contributed by atoms with Gasteiger partial charge in [-0.1, -0.05) is 28.1 Å². The molecule has 0 bridgehead atoms. The molecular formula is C18H15Br2N3O3. The van der Waals surface area contributed by atoms with Crippen LogP contribution in [-0.2, 0) is 9.59 Å². The molecule has 0 aliphatic carbocycles. The third kappa shape index (κ3) is 4.31. The minimum atomic E-state index is -0.769. The van der Waals surface area contributed by atoms with Crippen molar-refractivity contribution < 1.29 is 14.4 Å². The summed E-state index contributed by atoms with van der Waals surface area (Å²) in [6.07, 6.45) is 0.294. The molecule has 0 unspecified atom stereocenters. The highest BCUT2D eigenvalue weighted by molar-refractivity contribution is 9.11. The lowest BCUT2D eigenvalue weighted by Gasteiger charge is -2.14. The van der Waals surface area contributed by atoms with Crippen molar-refractivity contribution in [1.82, 2.24) is 5.32 Å². The van der Waals surface area contributed by atoms with Gasteiger partial charge in [0.05, 0.1) is 16.9 Å². The molecule has 2 aromatic carbocycles. The first-order chi connectivity index (χ1) is 12.4. The van der Waals surface area contributed by atoms with E-state index in [2.05, 4.69) is 47.8 Å². The van der Waals surface area contributed by atoms with Gasteiger partial charge in [0.25, 0.3) is 5.91 Å². The van der Waals surface area contributed by atoms with Crippen molar-refractivity contribution in [2.45, 2.75) is 18.9 Å². The summed E-state index contributed by atoms with van der Waals surface area (Å²) in [5, 5.41) is 8.19. The molecule has 134 valence electrons. The van der Waals surface area contributed by atoms with Crippen molar-refractivity contribution in [3.63, 3.8) is 0 Å². The van der Waals surface area contributed by atoms with Crippen LogP contribution in [0.15, 0.2) is 51.4 Å². The van der Waals surface area contributed by atoms with Gasteiger partial charge in [-0.15, -0.1) is 0 Å². The number of hydrogen-bond acceptors (Lipinski definition) is 3. The molecule has 1 heterocycles. The minimum Gasteiger partial charge on any atom is -0.340 e. The van der Waals surface area contributed by atoms with E-state index in [1.54, 1.807) is 30.3 Å². The maximum Gasteiger partial charge on any atom is 0.254 e. The van der Waals surface area contributed by atoms with Gasteiger partial charge in [0.2, 0.25) is 11.8 Å². The zero-order chi connectivity index (χ0) is 18.7. The van der Waals surface area contributed by atoms with Gasteiger partial charge < -0.3 is 16.0 Å². The Morgan fingerprint density at radius 2 is 1.88 bits per heavy atom. The van der Waals surface area contributed by atoms with Crippen molar-refractivity contribution in [3.8, 4) is 0 Å². The third-order valence-electron chi connectivity index (χ3n) is 3.92. The summed E-state index contributed by atoms with van der Waals surface area (Å²) < 4.78 is 1.64. The SMILES string of the molecule is O=C(CC[C@H]1NC(=O)c2ccccc2NC1=O)Nc1ccc(Br)cc1Br. The first-order valence-electron chi connectivity index (χ1n) is 7.89. The Balaban J connectivity index is 1.61. The van der Waals surface area contributed by atoms with Gasteiger partial charge in [0.15, 0.2) is 0 Å². The summed E-state index contributed by atoms with van der Waals surface area (Å²) in [6, 6.07) is 11.4. The summed E-state index contributed by atoms with van der Waals surface area (Å²) >= 11 is 6.73. The molecule has 26 heavy (non-hydrogen) atoms. The fourth-order valence-corrected chi connectivity index (χ4v) is 3.74. The molecule has 8 heteroatoms. The van der Waals surface area contributed by atoms with Crippen LogP contribution in [0.5, 0.6) is 0 Å². The first kappa shape index (κ1) is 18.6. The van der Waals surface area contributed by atoms with Crippen molar-refractivity contribution in [2.24, 2.45) is 0 Å². The van der Waals surface area contributed by atoms with Crippen LogP contribution in [0.1, 0.15) is 23.2 Å². The van der Waals surface area contributed by atoms with E-state index >= 15 is 0 Å². The van der Waals surface area contributed by atoms with Gasteiger partial charge in [-0.05, 0) is 52.7 Å². The predicted octanol–water partition coefficient (Wildman–Crippen LogP) is 3.68. The van der Waals surface area contributed by atoms with E-state index in [-0.39, 0.29) is 30.6 Å². The van der Waals surface area contributed by atoms with Crippen molar-refractivity contribution in [1.29, 1.82) is 0 Å². The second-order valence-corrected chi connectivity index (χ2v) is 7.54. The van der Waals surface area contributed by atoms with Gasteiger partial charge >= 0.3 is 0 Å². The molecule has 3 N–H and O–H groups in total. The van der Waals surface area contributed by atoms with Crippen molar-refractivity contribution in [2.75, 3.05) is 10.6 Å². The summed E-state index contributed by atoms with van der Waals surface area (Å²) in [6.45, 7) is 0. The first-order valence-corrected chi connectivity index (χ1v) is 9.48. The number of nitrogens with one attached hydrogen (secondary N) is 3. The molecule has 6 nitrogen and oxygen atoms in total. The van der Waals surface area contributed by atoms with Gasteiger partial charge in [0.1, 0.15) is 6.04 Å². The number of fused-ring (bicyclic) bond motifs is 1. The molecule has 3 rings (SSSR count). The molecular weight excluding hydrogens is 466 g/mol. The molecule has 0 aromatic heterocycles. The predicted molar refractivity (Wildman–Crippen MR) is 106 cm³/mol. The van der Waals surface area contributed by atoms with Gasteiger partial charge in [-0.3, -0.25) is 14.4 Å². The Kier molecular flexibility index (Phi) is 5.73. The standard InChI is InChI=1S/C18H15Br2N3O3/c19-10-5-6-14(12(20)9-10)21-16(24)8-7-15-18(26)22-13-4-2-1-3-11(13)17(25)23-15/h1-6,9,15H,7-8H2,(H,21,24)(H,22,26)(H,23,25)/t15-/m1/s1. The highest BCUT2D eigenvalue weighted by atomic mass is 79.9. The second-order valence-electron chi connectivity index (χ2n) is 5.77. The Morgan fingerprint density at radius 3 is 2.65 bits per heavy atom. The van der Waals surface area contributed by atoms with Crippen molar-refractivity contribution in [3.05, 3.63) is 57.0 Å². The number of carbonyl (C=O) groups is 3. The third-order valence-corrected chi connectivity index (χ3v) is 5.07. The van der Waals surface area contributed by atoms with E-state index in [9.17, 15) is 14.4 Å². The summed E-state index contributed by atoms with van der Waals surface area (Å²) in [5.74, 6) is -0.905. The fourth-order valence-electron chi connectivity index (χ4n) is 2.59.